The highest BCUT2D eigenvalue weighted by molar-refractivity contribution is 5.39. The van der Waals surface area contributed by atoms with Crippen LogP contribution in [-0.2, 0) is 12.8 Å². The maximum absolute atomic E-state index is 9.97. The maximum Gasteiger partial charge on any atom is 0.119 e. The topological polar surface area (TPSA) is 55.2 Å². The van der Waals surface area contributed by atoms with E-state index >= 15 is 0 Å². The van der Waals surface area contributed by atoms with Gasteiger partial charge in [0.15, 0.2) is 0 Å². The number of phenolic OH excluding ortho intramolecular Hbond substituents is 1. The van der Waals surface area contributed by atoms with E-state index in [1.807, 2.05) is 12.1 Å². The highest BCUT2D eigenvalue weighted by Crippen LogP contribution is 2.25. The fraction of sp³-hybridized carbons (Fsp3) is 0.625. The molecule has 1 rings (SSSR count). The van der Waals surface area contributed by atoms with Crippen molar-refractivity contribution in [3.63, 3.8) is 0 Å². The Kier molecular flexibility index (Phi) is 7.69. The molecule has 1 aromatic rings. The van der Waals surface area contributed by atoms with Gasteiger partial charge in [-0.05, 0) is 54.7 Å². The lowest BCUT2D eigenvalue weighted by Crippen LogP contribution is -2.00. The fourth-order valence-electron chi connectivity index (χ4n) is 2.02. The zero-order chi connectivity index (χ0) is 12.8. The molecule has 0 radical (unpaired) electrons. The molecular weight excluding hydrogens is 222 g/mol. The molecule has 0 aliphatic heterocycles. The number of aromatic hydroxyl groups is 1. The number of hydrogen-bond acceptors (Lipinski definition) is 2. The molecule has 4 N–H and O–H groups in total. The van der Waals surface area contributed by atoms with Crippen molar-refractivity contribution in [1.29, 1.82) is 0 Å². The van der Waals surface area contributed by atoms with Gasteiger partial charge in [-0.1, -0.05) is 39.8 Å². The molecule has 0 spiro atoms. The zero-order valence-corrected chi connectivity index (χ0v) is 12.4. The summed E-state index contributed by atoms with van der Waals surface area (Å²) in [7, 11) is 0. The molecule has 2 heteroatoms. The van der Waals surface area contributed by atoms with Crippen LogP contribution >= 0.6 is 0 Å². The summed E-state index contributed by atoms with van der Waals surface area (Å²) in [6, 6.07) is 5.94. The summed E-state index contributed by atoms with van der Waals surface area (Å²) < 4.78 is 0. The molecule has 0 amide bonds. The van der Waals surface area contributed by atoms with Gasteiger partial charge in [-0.15, -0.1) is 0 Å². The van der Waals surface area contributed by atoms with Gasteiger partial charge in [0.2, 0.25) is 0 Å². The number of hydrogen-bond donors (Lipinski definition) is 2. The van der Waals surface area contributed by atoms with Crippen molar-refractivity contribution < 1.29 is 5.11 Å². The maximum atomic E-state index is 9.97. The molecule has 0 saturated carbocycles. The smallest absolute Gasteiger partial charge is 0.119 e. The second-order valence-electron chi connectivity index (χ2n) is 5.78. The lowest BCUT2D eigenvalue weighted by atomic mass is 9.93. The first kappa shape index (κ1) is 17.0. The first-order valence-electron chi connectivity index (χ1n) is 6.80. The van der Waals surface area contributed by atoms with Crippen LogP contribution in [0.2, 0.25) is 0 Å². The van der Waals surface area contributed by atoms with Gasteiger partial charge >= 0.3 is 0 Å². The Hall–Kier alpha value is -1.02. The number of phenols is 1. The molecule has 0 saturated heterocycles. The van der Waals surface area contributed by atoms with Gasteiger partial charge in [0.1, 0.15) is 5.75 Å². The molecule has 0 bridgehead atoms. The summed E-state index contributed by atoms with van der Waals surface area (Å²) in [5.41, 5.74) is 2.50. The first-order valence-corrected chi connectivity index (χ1v) is 6.80. The van der Waals surface area contributed by atoms with Crippen molar-refractivity contribution in [2.45, 2.75) is 53.4 Å². The molecule has 104 valence electrons. The average molecular weight is 251 g/mol. The van der Waals surface area contributed by atoms with Gasteiger partial charge in [-0.2, -0.15) is 0 Å². The Morgan fingerprint density at radius 1 is 0.944 bits per heavy atom. The minimum atomic E-state index is 0. The van der Waals surface area contributed by atoms with Crippen LogP contribution in [0, 0.1) is 11.8 Å². The van der Waals surface area contributed by atoms with Gasteiger partial charge in [0.05, 0.1) is 0 Å². The van der Waals surface area contributed by atoms with Crippen LogP contribution < -0.4 is 6.15 Å². The van der Waals surface area contributed by atoms with E-state index < -0.39 is 0 Å². The second kappa shape index (κ2) is 8.15. The van der Waals surface area contributed by atoms with E-state index in [0.717, 1.165) is 25.2 Å². The first-order chi connectivity index (χ1) is 8.00. The SMILES string of the molecule is CC(C)CCc1cccc(O)c1CCC(C)C.N. The molecule has 0 heterocycles. The molecule has 0 unspecified atom stereocenters. The fourth-order valence-corrected chi connectivity index (χ4v) is 2.02. The molecule has 0 aromatic heterocycles. The standard InChI is InChI=1S/C16H26O.H3N/c1-12(2)8-10-14-6-5-7-16(17)15(14)11-9-13(3)4;/h5-7,12-13,17H,8-11H2,1-4H3;1H3. The predicted octanol–water partition coefficient (Wildman–Crippen LogP) is 4.73. The van der Waals surface area contributed by atoms with Crippen LogP contribution in [0.5, 0.6) is 5.75 Å². The summed E-state index contributed by atoms with van der Waals surface area (Å²) >= 11 is 0. The molecular formula is C16H29NO. The number of benzene rings is 1. The largest absolute Gasteiger partial charge is 0.508 e. The summed E-state index contributed by atoms with van der Waals surface area (Å²) in [5.74, 6) is 1.88. The molecule has 1 aromatic carbocycles. The summed E-state index contributed by atoms with van der Waals surface area (Å²) in [6.45, 7) is 8.95. The van der Waals surface area contributed by atoms with Crippen LogP contribution in [0.3, 0.4) is 0 Å². The Labute approximate surface area is 112 Å². The second-order valence-corrected chi connectivity index (χ2v) is 5.78. The van der Waals surface area contributed by atoms with E-state index in [2.05, 4.69) is 33.8 Å². The van der Waals surface area contributed by atoms with Crippen molar-refractivity contribution in [1.82, 2.24) is 6.15 Å². The third-order valence-electron chi connectivity index (χ3n) is 3.21. The zero-order valence-electron chi connectivity index (χ0n) is 12.4. The van der Waals surface area contributed by atoms with Crippen LogP contribution in [0.4, 0.5) is 0 Å². The Balaban J connectivity index is 0.00000289. The molecule has 18 heavy (non-hydrogen) atoms. The third kappa shape index (κ3) is 5.54. The van der Waals surface area contributed by atoms with Crippen molar-refractivity contribution in [3.05, 3.63) is 29.3 Å². The van der Waals surface area contributed by atoms with Gasteiger partial charge in [0, 0.05) is 0 Å². The van der Waals surface area contributed by atoms with E-state index in [1.54, 1.807) is 0 Å². The molecule has 0 aliphatic carbocycles. The summed E-state index contributed by atoms with van der Waals surface area (Å²) in [6.07, 6.45) is 4.42. The Bertz CT molecular complexity index is 345. The molecule has 0 fully saturated rings. The highest BCUT2D eigenvalue weighted by Gasteiger charge is 2.09. The van der Waals surface area contributed by atoms with Crippen LogP contribution in [0.25, 0.3) is 0 Å². The normalized spacial score (nSPS) is 10.8. The average Bonchev–Trinajstić information content (AvgIpc) is 2.24. The summed E-state index contributed by atoms with van der Waals surface area (Å²) in [4.78, 5) is 0. The minimum absolute atomic E-state index is 0. The number of aryl methyl sites for hydroxylation is 1. The van der Waals surface area contributed by atoms with Gasteiger partial charge in [-0.3, -0.25) is 0 Å². The van der Waals surface area contributed by atoms with Gasteiger partial charge in [0.25, 0.3) is 0 Å². The third-order valence-corrected chi connectivity index (χ3v) is 3.21. The van der Waals surface area contributed by atoms with E-state index in [1.165, 1.54) is 17.5 Å². The Morgan fingerprint density at radius 2 is 1.50 bits per heavy atom. The van der Waals surface area contributed by atoms with Crippen molar-refractivity contribution in [2.75, 3.05) is 0 Å². The highest BCUT2D eigenvalue weighted by atomic mass is 16.3. The lowest BCUT2D eigenvalue weighted by molar-refractivity contribution is 0.461. The Morgan fingerprint density at radius 3 is 2.06 bits per heavy atom. The lowest BCUT2D eigenvalue weighted by Gasteiger charge is -2.13. The van der Waals surface area contributed by atoms with E-state index in [-0.39, 0.29) is 6.15 Å². The van der Waals surface area contributed by atoms with E-state index in [9.17, 15) is 5.11 Å². The minimum Gasteiger partial charge on any atom is -0.508 e. The monoisotopic (exact) mass is 251 g/mol. The molecule has 0 aliphatic rings. The quantitative estimate of drug-likeness (QED) is 0.767. The van der Waals surface area contributed by atoms with Gasteiger partial charge in [-0.25, -0.2) is 0 Å². The van der Waals surface area contributed by atoms with Crippen LogP contribution in [0.15, 0.2) is 18.2 Å². The van der Waals surface area contributed by atoms with Crippen LogP contribution in [-0.4, -0.2) is 5.11 Å². The predicted molar refractivity (Wildman–Crippen MR) is 79.4 cm³/mol. The van der Waals surface area contributed by atoms with Crippen molar-refractivity contribution in [2.24, 2.45) is 11.8 Å². The van der Waals surface area contributed by atoms with E-state index in [0.29, 0.717) is 11.7 Å². The van der Waals surface area contributed by atoms with Gasteiger partial charge < -0.3 is 11.3 Å². The number of rotatable bonds is 6. The van der Waals surface area contributed by atoms with Crippen molar-refractivity contribution in [3.8, 4) is 5.75 Å². The van der Waals surface area contributed by atoms with E-state index in [4.69, 9.17) is 0 Å². The molecule has 0 atom stereocenters. The van der Waals surface area contributed by atoms with Crippen LogP contribution in [0.1, 0.15) is 51.7 Å². The molecule has 2 nitrogen and oxygen atoms in total. The van der Waals surface area contributed by atoms with Crippen molar-refractivity contribution >= 4 is 0 Å². The summed E-state index contributed by atoms with van der Waals surface area (Å²) in [5, 5.41) is 9.97.